The van der Waals surface area contributed by atoms with E-state index in [4.69, 9.17) is 11.5 Å². The van der Waals surface area contributed by atoms with Crippen LogP contribution in [-0.4, -0.2) is 19.0 Å². The second-order valence-corrected chi connectivity index (χ2v) is 3.34. The van der Waals surface area contributed by atoms with E-state index in [0.29, 0.717) is 13.1 Å². The van der Waals surface area contributed by atoms with Gasteiger partial charge >= 0.3 is 6.18 Å². The van der Waals surface area contributed by atoms with E-state index in [1.54, 1.807) is 0 Å². The van der Waals surface area contributed by atoms with E-state index < -0.39 is 17.6 Å². The number of carbonyl (C=O) groups is 1. The van der Waals surface area contributed by atoms with E-state index in [2.05, 4.69) is 5.32 Å². The van der Waals surface area contributed by atoms with E-state index >= 15 is 0 Å². The number of halogens is 3. The number of nitrogens with one attached hydrogen (secondary N) is 1. The van der Waals surface area contributed by atoms with Crippen LogP contribution < -0.4 is 16.8 Å². The third-order valence-corrected chi connectivity index (χ3v) is 2.07. The second kappa shape index (κ2) is 5.05. The van der Waals surface area contributed by atoms with Crippen LogP contribution in [0.4, 0.5) is 18.9 Å². The molecule has 0 saturated carbocycles. The Balaban J connectivity index is 3.13. The molecule has 0 spiro atoms. The van der Waals surface area contributed by atoms with Gasteiger partial charge in [-0.25, -0.2) is 0 Å². The smallest absolute Gasteiger partial charge is 0.383 e. The Morgan fingerprint density at radius 3 is 2.47 bits per heavy atom. The third-order valence-electron chi connectivity index (χ3n) is 2.07. The van der Waals surface area contributed by atoms with Crippen molar-refractivity contribution in [2.75, 3.05) is 18.4 Å². The van der Waals surface area contributed by atoms with Gasteiger partial charge in [0.05, 0.1) is 11.1 Å². The van der Waals surface area contributed by atoms with Crippen LogP contribution in [0.5, 0.6) is 0 Å². The SMILES string of the molecule is NCCNc1ccc(C(F)(F)F)cc1C(N)=O. The molecule has 0 aliphatic heterocycles. The highest BCUT2D eigenvalue weighted by Gasteiger charge is 2.31. The summed E-state index contributed by atoms with van der Waals surface area (Å²) in [5, 5.41) is 2.73. The number of anilines is 1. The third kappa shape index (κ3) is 3.35. The number of alkyl halides is 3. The molecule has 0 bridgehead atoms. The lowest BCUT2D eigenvalue weighted by molar-refractivity contribution is -0.137. The van der Waals surface area contributed by atoms with E-state index in [-0.39, 0.29) is 11.3 Å². The van der Waals surface area contributed by atoms with Gasteiger partial charge in [-0.3, -0.25) is 4.79 Å². The van der Waals surface area contributed by atoms with Crippen LogP contribution in [-0.2, 0) is 6.18 Å². The summed E-state index contributed by atoms with van der Waals surface area (Å²) in [7, 11) is 0. The number of nitrogens with two attached hydrogens (primary N) is 2. The topological polar surface area (TPSA) is 81.1 Å². The first kappa shape index (κ1) is 13.3. The number of carbonyl (C=O) groups excluding carboxylic acids is 1. The Morgan fingerprint density at radius 1 is 1.35 bits per heavy atom. The Kier molecular flexibility index (Phi) is 3.95. The van der Waals surface area contributed by atoms with Crippen LogP contribution in [0.2, 0.25) is 0 Å². The highest BCUT2D eigenvalue weighted by molar-refractivity contribution is 5.98. The van der Waals surface area contributed by atoms with E-state index in [9.17, 15) is 18.0 Å². The Morgan fingerprint density at radius 2 is 2.00 bits per heavy atom. The minimum absolute atomic E-state index is 0.201. The molecule has 0 aliphatic rings. The molecule has 7 heteroatoms. The van der Waals surface area contributed by atoms with Crippen molar-refractivity contribution in [1.82, 2.24) is 0 Å². The van der Waals surface area contributed by atoms with Gasteiger partial charge in [-0.1, -0.05) is 0 Å². The molecule has 4 nitrogen and oxygen atoms in total. The Hall–Kier alpha value is -1.76. The van der Waals surface area contributed by atoms with Crippen molar-refractivity contribution in [1.29, 1.82) is 0 Å². The van der Waals surface area contributed by atoms with Crippen LogP contribution in [0.3, 0.4) is 0 Å². The van der Waals surface area contributed by atoms with Gasteiger partial charge in [0.15, 0.2) is 0 Å². The molecule has 94 valence electrons. The van der Waals surface area contributed by atoms with Crippen LogP contribution in [0.1, 0.15) is 15.9 Å². The predicted octanol–water partition coefficient (Wildman–Crippen LogP) is 1.17. The molecule has 17 heavy (non-hydrogen) atoms. The molecule has 1 aromatic rings. The molecule has 1 amide bonds. The number of amides is 1. The molecule has 0 aromatic heterocycles. The Bertz CT molecular complexity index is 418. The van der Waals surface area contributed by atoms with Crippen LogP contribution >= 0.6 is 0 Å². The van der Waals surface area contributed by atoms with Crippen molar-refractivity contribution in [3.05, 3.63) is 29.3 Å². The fourth-order valence-corrected chi connectivity index (χ4v) is 1.29. The first-order valence-electron chi connectivity index (χ1n) is 4.81. The molecule has 0 unspecified atom stereocenters. The molecule has 0 radical (unpaired) electrons. The van der Waals surface area contributed by atoms with Crippen LogP contribution in [0.25, 0.3) is 0 Å². The van der Waals surface area contributed by atoms with Gasteiger partial charge in [-0.15, -0.1) is 0 Å². The normalized spacial score (nSPS) is 11.3. The summed E-state index contributed by atoms with van der Waals surface area (Å²) < 4.78 is 37.3. The standard InChI is InChI=1S/C10H12F3N3O/c11-10(12,13)6-1-2-8(16-4-3-14)7(5-6)9(15)17/h1-2,5,16H,3-4,14H2,(H2,15,17). The number of hydrogen-bond donors (Lipinski definition) is 3. The van der Waals surface area contributed by atoms with Crippen molar-refractivity contribution in [2.45, 2.75) is 6.18 Å². The molecule has 1 aromatic carbocycles. The maximum Gasteiger partial charge on any atom is 0.416 e. The largest absolute Gasteiger partial charge is 0.416 e. The minimum atomic E-state index is -4.50. The van der Waals surface area contributed by atoms with Gasteiger partial charge in [0, 0.05) is 18.8 Å². The zero-order chi connectivity index (χ0) is 13.1. The number of hydrogen-bond acceptors (Lipinski definition) is 3. The fourth-order valence-electron chi connectivity index (χ4n) is 1.29. The van der Waals surface area contributed by atoms with Gasteiger partial charge in [0.25, 0.3) is 5.91 Å². The Labute approximate surface area is 95.8 Å². The molecule has 0 fully saturated rings. The zero-order valence-electron chi connectivity index (χ0n) is 8.84. The lowest BCUT2D eigenvalue weighted by Crippen LogP contribution is -2.19. The van der Waals surface area contributed by atoms with Gasteiger partial charge in [0.2, 0.25) is 0 Å². The van der Waals surface area contributed by atoms with Crippen molar-refractivity contribution in [3.8, 4) is 0 Å². The minimum Gasteiger partial charge on any atom is -0.383 e. The summed E-state index contributed by atoms with van der Waals surface area (Å²) in [6, 6.07) is 2.77. The fraction of sp³-hybridized carbons (Fsp3) is 0.300. The number of rotatable bonds is 4. The van der Waals surface area contributed by atoms with Crippen LogP contribution in [0, 0.1) is 0 Å². The molecule has 1 rings (SSSR count). The maximum absolute atomic E-state index is 12.4. The highest BCUT2D eigenvalue weighted by Crippen LogP contribution is 2.31. The first-order valence-corrected chi connectivity index (χ1v) is 4.81. The molecule has 0 aliphatic carbocycles. The van der Waals surface area contributed by atoms with Gasteiger partial charge in [-0.2, -0.15) is 13.2 Å². The number of benzene rings is 1. The van der Waals surface area contributed by atoms with Crippen molar-refractivity contribution >= 4 is 11.6 Å². The molecule has 0 atom stereocenters. The van der Waals surface area contributed by atoms with Crippen molar-refractivity contribution in [3.63, 3.8) is 0 Å². The summed E-state index contributed by atoms with van der Waals surface area (Å²) in [5.41, 5.74) is 9.40. The lowest BCUT2D eigenvalue weighted by Gasteiger charge is -2.12. The average molecular weight is 247 g/mol. The first-order chi connectivity index (χ1) is 7.86. The average Bonchev–Trinajstić information content (AvgIpc) is 2.24. The summed E-state index contributed by atoms with van der Waals surface area (Å²) in [5.74, 6) is -0.921. The summed E-state index contributed by atoms with van der Waals surface area (Å²) in [4.78, 5) is 11.0. The van der Waals surface area contributed by atoms with Gasteiger partial charge in [-0.05, 0) is 18.2 Å². The monoisotopic (exact) mass is 247 g/mol. The van der Waals surface area contributed by atoms with Crippen molar-refractivity contribution in [2.24, 2.45) is 11.5 Å². The van der Waals surface area contributed by atoms with Gasteiger partial charge in [0.1, 0.15) is 0 Å². The maximum atomic E-state index is 12.4. The second-order valence-electron chi connectivity index (χ2n) is 3.34. The molecule has 0 saturated heterocycles. The zero-order valence-corrected chi connectivity index (χ0v) is 8.84. The van der Waals surface area contributed by atoms with Crippen LogP contribution in [0.15, 0.2) is 18.2 Å². The lowest BCUT2D eigenvalue weighted by atomic mass is 10.1. The van der Waals surface area contributed by atoms with E-state index in [0.717, 1.165) is 12.1 Å². The summed E-state index contributed by atoms with van der Waals surface area (Å²) >= 11 is 0. The predicted molar refractivity (Wildman–Crippen MR) is 57.5 cm³/mol. The molecule has 5 N–H and O–H groups in total. The number of primary amides is 1. The quantitative estimate of drug-likeness (QED) is 0.747. The molecular formula is C10H12F3N3O. The molecular weight excluding hydrogens is 235 g/mol. The van der Waals surface area contributed by atoms with Crippen molar-refractivity contribution < 1.29 is 18.0 Å². The van der Waals surface area contributed by atoms with E-state index in [1.165, 1.54) is 6.07 Å². The van der Waals surface area contributed by atoms with E-state index in [1.807, 2.05) is 0 Å². The summed E-state index contributed by atoms with van der Waals surface area (Å²) in [6.45, 7) is 0.630. The highest BCUT2D eigenvalue weighted by atomic mass is 19.4. The van der Waals surface area contributed by atoms with Gasteiger partial charge < -0.3 is 16.8 Å². The summed E-state index contributed by atoms with van der Waals surface area (Å²) in [6.07, 6.45) is -4.50. The molecule has 0 heterocycles.